The topological polar surface area (TPSA) is 55.1 Å². The van der Waals surface area contributed by atoms with Gasteiger partial charge in [-0.3, -0.25) is 4.79 Å². The average molecular weight is 300 g/mol. The molecule has 1 aromatic heterocycles. The molecule has 0 saturated heterocycles. The molecular weight excluding hydrogens is 280 g/mol. The van der Waals surface area contributed by atoms with E-state index in [9.17, 15) is 4.79 Å². The zero-order chi connectivity index (χ0) is 14.7. The van der Waals surface area contributed by atoms with Gasteiger partial charge in [-0.2, -0.15) is 0 Å². The number of amides is 1. The zero-order valence-corrected chi connectivity index (χ0v) is 12.8. The number of aryl methyl sites for hydroxylation is 3. The maximum absolute atomic E-state index is 11.9. The maximum Gasteiger partial charge on any atom is 0.220 e. The number of rotatable bonds is 5. The van der Waals surface area contributed by atoms with Gasteiger partial charge in [-0.25, -0.2) is 0 Å². The smallest absolute Gasteiger partial charge is 0.220 e. The van der Waals surface area contributed by atoms with Crippen molar-refractivity contribution in [3.63, 3.8) is 0 Å². The highest BCUT2D eigenvalue weighted by molar-refractivity contribution is 7.12. The Bertz CT molecular complexity index is 626. The standard InChI is InChI=1S/C17H20N2OS/c18-15-6-2-1-4-12(15)8-9-17(20)19-11-14-10-13-5-3-7-16(13)21-14/h1-2,4,6,10H,3,5,7-9,11,18H2,(H,19,20). The van der Waals surface area contributed by atoms with Gasteiger partial charge in [-0.05, 0) is 48.9 Å². The van der Waals surface area contributed by atoms with E-state index in [2.05, 4.69) is 11.4 Å². The van der Waals surface area contributed by atoms with Gasteiger partial charge >= 0.3 is 0 Å². The fraction of sp³-hybridized carbons (Fsp3) is 0.353. The van der Waals surface area contributed by atoms with Gasteiger partial charge in [0.15, 0.2) is 0 Å². The van der Waals surface area contributed by atoms with E-state index in [0.29, 0.717) is 19.4 Å². The molecule has 1 amide bonds. The molecule has 4 heteroatoms. The van der Waals surface area contributed by atoms with Crippen LogP contribution in [-0.4, -0.2) is 5.91 Å². The molecule has 21 heavy (non-hydrogen) atoms. The van der Waals surface area contributed by atoms with Gasteiger partial charge in [-0.15, -0.1) is 11.3 Å². The molecule has 2 aromatic rings. The van der Waals surface area contributed by atoms with Gasteiger partial charge in [0.2, 0.25) is 5.91 Å². The van der Waals surface area contributed by atoms with E-state index >= 15 is 0 Å². The second-order valence-electron chi connectivity index (χ2n) is 5.49. The number of nitrogens with two attached hydrogens (primary N) is 1. The van der Waals surface area contributed by atoms with Crippen LogP contribution in [0.5, 0.6) is 0 Å². The van der Waals surface area contributed by atoms with E-state index in [1.807, 2.05) is 35.6 Å². The van der Waals surface area contributed by atoms with E-state index in [0.717, 1.165) is 11.3 Å². The van der Waals surface area contributed by atoms with Gasteiger partial charge in [-0.1, -0.05) is 18.2 Å². The minimum atomic E-state index is 0.0896. The molecule has 0 fully saturated rings. The third-order valence-corrected chi connectivity index (χ3v) is 5.17. The largest absolute Gasteiger partial charge is 0.399 e. The molecular formula is C17H20N2OS. The average Bonchev–Trinajstić information content (AvgIpc) is 3.05. The number of carbonyl (C=O) groups is 1. The van der Waals surface area contributed by atoms with Gasteiger partial charge in [0.05, 0.1) is 6.54 Å². The molecule has 0 aliphatic heterocycles. The number of nitrogen functional groups attached to an aromatic ring is 1. The number of nitrogens with one attached hydrogen (secondary N) is 1. The van der Waals surface area contributed by atoms with Crippen molar-refractivity contribution in [2.75, 3.05) is 5.73 Å². The molecule has 0 spiro atoms. The molecule has 1 heterocycles. The summed E-state index contributed by atoms with van der Waals surface area (Å²) in [6.45, 7) is 0.654. The molecule has 0 unspecified atom stereocenters. The summed E-state index contributed by atoms with van der Waals surface area (Å²) in [4.78, 5) is 14.7. The van der Waals surface area contributed by atoms with E-state index in [-0.39, 0.29) is 5.91 Å². The Morgan fingerprint density at radius 2 is 2.14 bits per heavy atom. The number of anilines is 1. The van der Waals surface area contributed by atoms with E-state index in [1.165, 1.54) is 34.6 Å². The van der Waals surface area contributed by atoms with Crippen molar-refractivity contribution in [2.24, 2.45) is 0 Å². The fourth-order valence-corrected chi connectivity index (χ4v) is 3.96. The minimum Gasteiger partial charge on any atom is -0.399 e. The molecule has 3 nitrogen and oxygen atoms in total. The lowest BCUT2D eigenvalue weighted by molar-refractivity contribution is -0.121. The minimum absolute atomic E-state index is 0.0896. The quantitative estimate of drug-likeness (QED) is 0.834. The second-order valence-corrected chi connectivity index (χ2v) is 6.71. The Hall–Kier alpha value is -1.81. The lowest BCUT2D eigenvalue weighted by atomic mass is 10.1. The summed E-state index contributed by atoms with van der Waals surface area (Å²) in [5, 5.41) is 3.01. The van der Waals surface area contributed by atoms with Crippen LogP contribution in [-0.2, 0) is 30.6 Å². The molecule has 0 radical (unpaired) electrons. The first-order valence-electron chi connectivity index (χ1n) is 7.43. The van der Waals surface area contributed by atoms with Crippen LogP contribution in [0.3, 0.4) is 0 Å². The van der Waals surface area contributed by atoms with Crippen LogP contribution >= 0.6 is 11.3 Å². The van der Waals surface area contributed by atoms with Crippen molar-refractivity contribution in [3.8, 4) is 0 Å². The van der Waals surface area contributed by atoms with E-state index in [4.69, 9.17) is 5.73 Å². The number of hydrogen-bond acceptors (Lipinski definition) is 3. The summed E-state index contributed by atoms with van der Waals surface area (Å²) in [6.07, 6.45) is 4.87. The first-order chi connectivity index (χ1) is 10.2. The first kappa shape index (κ1) is 14.1. The van der Waals surface area contributed by atoms with Crippen LogP contribution < -0.4 is 11.1 Å². The molecule has 3 rings (SSSR count). The maximum atomic E-state index is 11.9. The third-order valence-electron chi connectivity index (χ3n) is 3.93. The molecule has 110 valence electrons. The normalized spacial score (nSPS) is 13.1. The van der Waals surface area contributed by atoms with Crippen LogP contribution in [0.25, 0.3) is 0 Å². The molecule has 0 bridgehead atoms. The molecule has 1 aromatic carbocycles. The van der Waals surface area contributed by atoms with Crippen LogP contribution in [0.15, 0.2) is 30.3 Å². The first-order valence-corrected chi connectivity index (χ1v) is 8.24. The molecule has 0 atom stereocenters. The second kappa shape index (κ2) is 6.31. The predicted molar refractivity (Wildman–Crippen MR) is 87.4 cm³/mol. The van der Waals surface area contributed by atoms with Crippen LogP contribution in [0.2, 0.25) is 0 Å². The Morgan fingerprint density at radius 1 is 1.29 bits per heavy atom. The summed E-state index contributed by atoms with van der Waals surface area (Å²) in [5.74, 6) is 0.0896. The number of carbonyl (C=O) groups excluding carboxylic acids is 1. The predicted octanol–water partition coefficient (Wildman–Crippen LogP) is 3.07. The summed E-state index contributed by atoms with van der Waals surface area (Å²) in [5.41, 5.74) is 9.18. The summed E-state index contributed by atoms with van der Waals surface area (Å²) in [7, 11) is 0. The molecule has 1 aliphatic rings. The van der Waals surface area contributed by atoms with Crippen molar-refractivity contribution in [3.05, 3.63) is 51.2 Å². The number of thiophene rings is 1. The van der Waals surface area contributed by atoms with E-state index < -0.39 is 0 Å². The highest BCUT2D eigenvalue weighted by Crippen LogP contribution is 2.30. The van der Waals surface area contributed by atoms with Gasteiger partial charge in [0.1, 0.15) is 0 Å². The lowest BCUT2D eigenvalue weighted by Crippen LogP contribution is -2.22. The van der Waals surface area contributed by atoms with Crippen molar-refractivity contribution in [1.29, 1.82) is 0 Å². The van der Waals surface area contributed by atoms with Crippen molar-refractivity contribution < 1.29 is 4.79 Å². The lowest BCUT2D eigenvalue weighted by Gasteiger charge is -2.06. The van der Waals surface area contributed by atoms with Crippen LogP contribution in [0, 0.1) is 0 Å². The number of hydrogen-bond donors (Lipinski definition) is 2. The summed E-state index contributed by atoms with van der Waals surface area (Å²) in [6, 6.07) is 9.97. The Balaban J connectivity index is 1.47. The Morgan fingerprint density at radius 3 is 2.95 bits per heavy atom. The Labute approximate surface area is 129 Å². The number of fused-ring (bicyclic) bond motifs is 1. The van der Waals surface area contributed by atoms with Gasteiger partial charge in [0, 0.05) is 21.9 Å². The van der Waals surface area contributed by atoms with E-state index in [1.54, 1.807) is 0 Å². The third kappa shape index (κ3) is 3.45. The SMILES string of the molecule is Nc1ccccc1CCC(=O)NCc1cc2c(s1)CCC2. The zero-order valence-electron chi connectivity index (χ0n) is 12.0. The van der Waals surface area contributed by atoms with Crippen molar-refractivity contribution in [2.45, 2.75) is 38.6 Å². The highest BCUT2D eigenvalue weighted by Gasteiger charge is 2.14. The highest BCUT2D eigenvalue weighted by atomic mass is 32.1. The van der Waals surface area contributed by atoms with Gasteiger partial charge in [0.25, 0.3) is 0 Å². The van der Waals surface area contributed by atoms with Crippen molar-refractivity contribution in [1.82, 2.24) is 5.32 Å². The van der Waals surface area contributed by atoms with Gasteiger partial charge < -0.3 is 11.1 Å². The fourth-order valence-electron chi connectivity index (χ4n) is 2.76. The Kier molecular flexibility index (Phi) is 4.25. The molecule has 3 N–H and O–H groups in total. The molecule has 1 aliphatic carbocycles. The van der Waals surface area contributed by atoms with Crippen LogP contribution in [0.4, 0.5) is 5.69 Å². The number of para-hydroxylation sites is 1. The number of benzene rings is 1. The van der Waals surface area contributed by atoms with Crippen molar-refractivity contribution >= 4 is 22.9 Å². The van der Waals surface area contributed by atoms with Crippen LogP contribution in [0.1, 0.15) is 33.7 Å². The summed E-state index contributed by atoms with van der Waals surface area (Å²) >= 11 is 1.85. The molecule has 0 saturated carbocycles. The summed E-state index contributed by atoms with van der Waals surface area (Å²) < 4.78 is 0. The monoisotopic (exact) mass is 300 g/mol.